The van der Waals surface area contributed by atoms with Gasteiger partial charge in [-0.25, -0.2) is 9.59 Å². The Balaban J connectivity index is 1.59. The van der Waals surface area contributed by atoms with Gasteiger partial charge in [-0.05, 0) is 24.8 Å². The van der Waals surface area contributed by atoms with Gasteiger partial charge in [0.05, 0.1) is 25.4 Å². The Hall–Kier alpha value is -3.50. The number of aliphatic hydroxyl groups excluding tert-OH is 6. The number of benzene rings is 1. The predicted octanol–water partition coefficient (Wildman–Crippen LogP) is -2.78. The van der Waals surface area contributed by atoms with E-state index in [-0.39, 0.29) is 13.2 Å². The van der Waals surface area contributed by atoms with E-state index in [1.807, 2.05) is 30.3 Å². The van der Waals surface area contributed by atoms with Gasteiger partial charge in [-0.3, -0.25) is 9.59 Å². The van der Waals surface area contributed by atoms with Gasteiger partial charge in [-0.1, -0.05) is 30.3 Å². The van der Waals surface area contributed by atoms with Gasteiger partial charge in [0, 0.05) is 33.4 Å². The van der Waals surface area contributed by atoms with E-state index in [2.05, 4.69) is 16.0 Å². The fourth-order valence-corrected chi connectivity index (χ4v) is 5.66. The van der Waals surface area contributed by atoms with Crippen molar-refractivity contribution in [1.82, 2.24) is 16.0 Å². The third kappa shape index (κ3) is 12.0. The molecule has 3 rings (SSSR count). The van der Waals surface area contributed by atoms with Crippen molar-refractivity contribution in [3.63, 3.8) is 0 Å². The average molecular weight is 732 g/mol. The monoisotopic (exact) mass is 731 g/mol. The first-order valence-corrected chi connectivity index (χ1v) is 16.5. The zero-order valence-corrected chi connectivity index (χ0v) is 28.3. The van der Waals surface area contributed by atoms with Crippen LogP contribution in [0.3, 0.4) is 0 Å². The van der Waals surface area contributed by atoms with Crippen LogP contribution in [-0.4, -0.2) is 153 Å². The first-order valence-electron chi connectivity index (χ1n) is 16.5. The number of carboxylic acid groups (broad SMARTS) is 1. The standard InChI is InChI=1S/C32H49N3O16/c1-17(37)34-23-20(39)13-32(30(44)45,51-28(23)25(41)21(40)14-36)49-16-22-26(42)27(43)24(35-18(2)38)29(50-22)47-12-8-4-7-11-33-31(46)48-15-19-9-5-3-6-10-19/h3,5-6,9-10,20-29,36,39-43H,4,7-8,11-16H2,1-2H3,(H,33,46)(H,34,37)(H,35,38)(H,44,45)/t20-,21+,22+,23+,24+,25+,26+,27+,28+,29+,32+/m0/s1. The van der Waals surface area contributed by atoms with Gasteiger partial charge in [0.2, 0.25) is 11.8 Å². The van der Waals surface area contributed by atoms with E-state index in [1.54, 1.807) is 0 Å². The highest BCUT2D eigenvalue weighted by Crippen LogP contribution is 2.35. The van der Waals surface area contributed by atoms with Crippen LogP contribution >= 0.6 is 0 Å². The molecule has 288 valence electrons. The second kappa shape index (κ2) is 19.9. The van der Waals surface area contributed by atoms with E-state index in [0.29, 0.717) is 25.8 Å². The fourth-order valence-electron chi connectivity index (χ4n) is 5.66. The van der Waals surface area contributed by atoms with Crippen LogP contribution in [0.15, 0.2) is 30.3 Å². The summed E-state index contributed by atoms with van der Waals surface area (Å²) < 4.78 is 27.9. The van der Waals surface area contributed by atoms with Crippen LogP contribution in [0.25, 0.3) is 0 Å². The third-order valence-electron chi connectivity index (χ3n) is 8.32. The number of nitrogens with one attached hydrogen (secondary N) is 3. The molecule has 2 fully saturated rings. The summed E-state index contributed by atoms with van der Waals surface area (Å²) >= 11 is 0. The molecule has 2 heterocycles. The Bertz CT molecular complexity index is 1280. The number of carbonyl (C=O) groups excluding carboxylic acids is 3. The molecule has 51 heavy (non-hydrogen) atoms. The Morgan fingerprint density at radius 1 is 0.961 bits per heavy atom. The molecular formula is C32H49N3O16. The molecule has 19 nitrogen and oxygen atoms in total. The molecule has 3 amide bonds. The minimum absolute atomic E-state index is 0.0568. The fraction of sp³-hybridized carbons (Fsp3) is 0.688. The zero-order chi connectivity index (χ0) is 37.7. The molecule has 11 atom stereocenters. The highest BCUT2D eigenvalue weighted by atomic mass is 16.7. The number of aliphatic hydroxyl groups is 6. The number of amides is 3. The number of aliphatic carboxylic acids is 1. The largest absolute Gasteiger partial charge is 0.477 e. The summed E-state index contributed by atoms with van der Waals surface area (Å²) in [6.45, 7) is 1.04. The van der Waals surface area contributed by atoms with Crippen LogP contribution in [0.5, 0.6) is 0 Å². The minimum atomic E-state index is -2.73. The number of hydrogen-bond donors (Lipinski definition) is 10. The number of carboxylic acids is 1. The quantitative estimate of drug-likeness (QED) is 0.0683. The lowest BCUT2D eigenvalue weighted by molar-refractivity contribution is -0.330. The number of rotatable bonds is 18. The Labute approximate surface area is 293 Å². The van der Waals surface area contributed by atoms with Crippen LogP contribution in [-0.2, 0) is 44.7 Å². The summed E-state index contributed by atoms with van der Waals surface area (Å²) in [5.74, 6) is -5.75. The highest BCUT2D eigenvalue weighted by molar-refractivity contribution is 5.76. The van der Waals surface area contributed by atoms with E-state index in [9.17, 15) is 54.9 Å². The SMILES string of the molecule is CC(=O)N[C@H]1[C@H](OCCCCCNC(=O)OCc2ccccc2)O[C@H](CO[C@]2(C(=O)O)C[C@H](O)[C@@H](NC(C)=O)[C@H]([C@H](O)[C@H](O)CO)O2)[C@@H](O)[C@@H]1O. The topological polar surface area (TPSA) is 292 Å². The first-order chi connectivity index (χ1) is 24.2. The zero-order valence-electron chi connectivity index (χ0n) is 28.3. The maximum atomic E-state index is 12.5. The molecule has 1 aromatic rings. The lowest BCUT2D eigenvalue weighted by Gasteiger charge is -2.47. The van der Waals surface area contributed by atoms with Crippen LogP contribution < -0.4 is 16.0 Å². The van der Waals surface area contributed by atoms with E-state index in [0.717, 1.165) is 12.5 Å². The van der Waals surface area contributed by atoms with E-state index in [4.69, 9.17) is 23.7 Å². The average Bonchev–Trinajstić information content (AvgIpc) is 3.09. The minimum Gasteiger partial charge on any atom is -0.477 e. The maximum absolute atomic E-state index is 12.5. The Morgan fingerprint density at radius 3 is 2.25 bits per heavy atom. The number of hydrogen-bond acceptors (Lipinski definition) is 15. The van der Waals surface area contributed by atoms with E-state index in [1.165, 1.54) is 6.92 Å². The molecular weight excluding hydrogens is 682 g/mol. The van der Waals surface area contributed by atoms with Gasteiger partial charge < -0.3 is 75.4 Å². The first kappa shape index (κ1) is 41.9. The van der Waals surface area contributed by atoms with Crippen molar-refractivity contribution in [2.45, 2.75) is 113 Å². The number of unbranched alkanes of at least 4 members (excludes halogenated alkanes) is 2. The van der Waals surface area contributed by atoms with Crippen LogP contribution in [0.4, 0.5) is 4.79 Å². The van der Waals surface area contributed by atoms with Crippen LogP contribution in [0.1, 0.15) is 45.1 Å². The number of ether oxygens (including phenoxy) is 5. The van der Waals surface area contributed by atoms with Gasteiger partial charge in [0.25, 0.3) is 5.79 Å². The second-order valence-corrected chi connectivity index (χ2v) is 12.4. The van der Waals surface area contributed by atoms with Gasteiger partial charge in [0.15, 0.2) is 6.29 Å². The molecule has 0 saturated carbocycles. The third-order valence-corrected chi connectivity index (χ3v) is 8.32. The normalized spacial score (nSPS) is 30.4. The maximum Gasteiger partial charge on any atom is 0.407 e. The highest BCUT2D eigenvalue weighted by Gasteiger charge is 2.56. The van der Waals surface area contributed by atoms with Gasteiger partial charge >= 0.3 is 12.1 Å². The molecule has 0 unspecified atom stereocenters. The van der Waals surface area contributed by atoms with Crippen LogP contribution in [0, 0.1) is 0 Å². The van der Waals surface area contributed by atoms with Gasteiger partial charge in [0.1, 0.15) is 49.3 Å². The molecule has 0 bridgehead atoms. The number of carbonyl (C=O) groups is 4. The van der Waals surface area contributed by atoms with Crippen molar-refractivity contribution >= 4 is 23.9 Å². The predicted molar refractivity (Wildman–Crippen MR) is 171 cm³/mol. The molecule has 10 N–H and O–H groups in total. The molecule has 2 aliphatic rings. The Morgan fingerprint density at radius 2 is 1.63 bits per heavy atom. The number of alkyl carbamates (subject to hydrolysis) is 1. The molecule has 0 aliphatic carbocycles. The van der Waals surface area contributed by atoms with Crippen molar-refractivity contribution in [3.8, 4) is 0 Å². The molecule has 0 spiro atoms. The molecule has 0 aromatic heterocycles. The lowest BCUT2D eigenvalue weighted by atomic mass is 9.88. The molecule has 2 saturated heterocycles. The van der Waals surface area contributed by atoms with Crippen molar-refractivity contribution in [2.24, 2.45) is 0 Å². The molecule has 2 aliphatic heterocycles. The van der Waals surface area contributed by atoms with Crippen molar-refractivity contribution in [2.75, 3.05) is 26.4 Å². The molecule has 1 aromatic carbocycles. The summed E-state index contributed by atoms with van der Waals surface area (Å²) in [4.78, 5) is 48.1. The lowest BCUT2D eigenvalue weighted by Crippen LogP contribution is -2.69. The van der Waals surface area contributed by atoms with Gasteiger partial charge in [-0.15, -0.1) is 0 Å². The smallest absolute Gasteiger partial charge is 0.407 e. The van der Waals surface area contributed by atoms with Crippen molar-refractivity contribution < 1.29 is 78.6 Å². The summed E-state index contributed by atoms with van der Waals surface area (Å²) in [6.07, 6.45) is -13.4. The van der Waals surface area contributed by atoms with Gasteiger partial charge in [-0.2, -0.15) is 0 Å². The van der Waals surface area contributed by atoms with Crippen molar-refractivity contribution in [3.05, 3.63) is 35.9 Å². The van der Waals surface area contributed by atoms with E-state index >= 15 is 0 Å². The van der Waals surface area contributed by atoms with Crippen molar-refractivity contribution in [1.29, 1.82) is 0 Å². The summed E-state index contributed by atoms with van der Waals surface area (Å²) in [5, 5.41) is 80.1. The molecule has 0 radical (unpaired) electrons. The Kier molecular flexibility index (Phi) is 16.4. The summed E-state index contributed by atoms with van der Waals surface area (Å²) in [7, 11) is 0. The van der Waals surface area contributed by atoms with E-state index < -0.39 is 110 Å². The summed E-state index contributed by atoms with van der Waals surface area (Å²) in [6, 6.07) is 6.52. The summed E-state index contributed by atoms with van der Waals surface area (Å²) in [5.41, 5.74) is 0.849. The second-order valence-electron chi connectivity index (χ2n) is 12.4. The van der Waals surface area contributed by atoms with Crippen LogP contribution in [0.2, 0.25) is 0 Å². The molecule has 19 heteroatoms.